The van der Waals surface area contributed by atoms with Gasteiger partial charge in [-0.2, -0.15) is 0 Å². The largest absolute Gasteiger partial charge is 0.493 e. The molecule has 3 N–H and O–H groups in total. The van der Waals surface area contributed by atoms with Crippen LogP contribution in [0.1, 0.15) is 25.7 Å². The van der Waals surface area contributed by atoms with E-state index in [1.165, 1.54) is 7.11 Å². The number of hydrogen-bond donors (Lipinski definition) is 2. The third-order valence-electron chi connectivity index (χ3n) is 3.74. The number of primary amides is 1. The monoisotopic (exact) mass is 292 g/mol. The van der Waals surface area contributed by atoms with Crippen molar-refractivity contribution in [3.8, 4) is 11.5 Å². The lowest BCUT2D eigenvalue weighted by Crippen LogP contribution is -2.56. The molecule has 6 nitrogen and oxygen atoms in total. The lowest BCUT2D eigenvalue weighted by Gasteiger charge is -2.26. The molecule has 0 bridgehead atoms. The highest BCUT2D eigenvalue weighted by Gasteiger charge is 2.40. The van der Waals surface area contributed by atoms with Crippen LogP contribution in [-0.2, 0) is 9.59 Å². The predicted octanol–water partition coefficient (Wildman–Crippen LogP) is 0.988. The fourth-order valence-corrected chi connectivity index (χ4v) is 2.60. The number of hydrogen-bond acceptors (Lipinski definition) is 4. The van der Waals surface area contributed by atoms with Crippen LogP contribution in [0.25, 0.3) is 0 Å². The van der Waals surface area contributed by atoms with Crippen molar-refractivity contribution >= 4 is 11.8 Å². The van der Waals surface area contributed by atoms with Crippen molar-refractivity contribution in [2.75, 3.05) is 13.7 Å². The quantitative estimate of drug-likeness (QED) is 0.818. The van der Waals surface area contributed by atoms with Gasteiger partial charge in [0.2, 0.25) is 5.91 Å². The maximum Gasteiger partial charge on any atom is 0.258 e. The van der Waals surface area contributed by atoms with E-state index < -0.39 is 11.4 Å². The van der Waals surface area contributed by atoms with Gasteiger partial charge in [0.05, 0.1) is 7.11 Å². The molecule has 0 unspecified atom stereocenters. The Bertz CT molecular complexity index is 524. The molecular weight excluding hydrogens is 272 g/mol. The Labute approximate surface area is 123 Å². The number of nitrogens with two attached hydrogens (primary N) is 1. The van der Waals surface area contributed by atoms with Crippen LogP contribution in [-0.4, -0.2) is 31.1 Å². The van der Waals surface area contributed by atoms with Gasteiger partial charge in [0.1, 0.15) is 5.54 Å². The van der Waals surface area contributed by atoms with E-state index in [-0.39, 0.29) is 12.5 Å². The van der Waals surface area contributed by atoms with Crippen LogP contribution >= 0.6 is 0 Å². The maximum absolute atomic E-state index is 12.0. The lowest BCUT2D eigenvalue weighted by molar-refractivity contribution is -0.132. The van der Waals surface area contributed by atoms with Gasteiger partial charge in [0, 0.05) is 0 Å². The van der Waals surface area contributed by atoms with Crippen LogP contribution in [0, 0.1) is 0 Å². The molecule has 6 heteroatoms. The summed E-state index contributed by atoms with van der Waals surface area (Å²) in [6, 6.07) is 7.06. The van der Waals surface area contributed by atoms with Crippen LogP contribution in [0.15, 0.2) is 24.3 Å². The van der Waals surface area contributed by atoms with Crippen LogP contribution in [0.4, 0.5) is 0 Å². The summed E-state index contributed by atoms with van der Waals surface area (Å²) in [7, 11) is 1.53. The SMILES string of the molecule is COc1ccccc1OCC(=O)NC1(C(N)=O)CCCC1. The summed E-state index contributed by atoms with van der Waals surface area (Å²) in [6.45, 7) is -0.185. The highest BCUT2D eigenvalue weighted by molar-refractivity contribution is 5.91. The Morgan fingerprint density at radius 2 is 1.86 bits per heavy atom. The molecule has 0 radical (unpaired) electrons. The molecule has 1 fully saturated rings. The van der Waals surface area contributed by atoms with Crippen molar-refractivity contribution in [2.24, 2.45) is 5.73 Å². The van der Waals surface area contributed by atoms with Gasteiger partial charge < -0.3 is 20.5 Å². The van der Waals surface area contributed by atoms with Crippen LogP contribution in [0.2, 0.25) is 0 Å². The first-order valence-corrected chi connectivity index (χ1v) is 6.94. The summed E-state index contributed by atoms with van der Waals surface area (Å²) >= 11 is 0. The van der Waals surface area contributed by atoms with E-state index in [9.17, 15) is 9.59 Å². The normalized spacial score (nSPS) is 16.2. The van der Waals surface area contributed by atoms with Crippen molar-refractivity contribution in [3.63, 3.8) is 0 Å². The Hall–Kier alpha value is -2.24. The van der Waals surface area contributed by atoms with Gasteiger partial charge >= 0.3 is 0 Å². The molecule has 0 aromatic heterocycles. The van der Waals surface area contributed by atoms with Gasteiger partial charge in [-0.15, -0.1) is 0 Å². The summed E-state index contributed by atoms with van der Waals surface area (Å²) < 4.78 is 10.6. The number of amides is 2. The Balaban J connectivity index is 1.94. The summed E-state index contributed by atoms with van der Waals surface area (Å²) in [6.07, 6.45) is 2.94. The zero-order valence-corrected chi connectivity index (χ0v) is 12.1. The number of para-hydroxylation sites is 2. The molecule has 1 saturated carbocycles. The van der Waals surface area contributed by atoms with Crippen molar-refractivity contribution in [3.05, 3.63) is 24.3 Å². The third-order valence-corrected chi connectivity index (χ3v) is 3.74. The maximum atomic E-state index is 12.0. The van der Waals surface area contributed by atoms with Crippen molar-refractivity contribution in [2.45, 2.75) is 31.2 Å². The minimum atomic E-state index is -0.915. The van der Waals surface area contributed by atoms with E-state index in [0.29, 0.717) is 24.3 Å². The van der Waals surface area contributed by atoms with Gasteiger partial charge in [-0.3, -0.25) is 9.59 Å². The molecule has 1 aromatic rings. The molecule has 0 atom stereocenters. The Kier molecular flexibility index (Phi) is 4.67. The topological polar surface area (TPSA) is 90.7 Å². The third kappa shape index (κ3) is 3.45. The fraction of sp³-hybridized carbons (Fsp3) is 0.467. The summed E-state index contributed by atoms with van der Waals surface area (Å²) in [5.74, 6) is 0.192. The second kappa shape index (κ2) is 6.47. The Morgan fingerprint density at radius 3 is 2.43 bits per heavy atom. The second-order valence-corrected chi connectivity index (χ2v) is 5.14. The first kappa shape index (κ1) is 15.2. The Morgan fingerprint density at radius 1 is 1.24 bits per heavy atom. The second-order valence-electron chi connectivity index (χ2n) is 5.14. The minimum absolute atomic E-state index is 0.185. The molecule has 2 rings (SSSR count). The van der Waals surface area contributed by atoms with E-state index in [0.717, 1.165) is 12.8 Å². The van der Waals surface area contributed by atoms with Crippen molar-refractivity contribution in [1.82, 2.24) is 5.32 Å². The zero-order valence-electron chi connectivity index (χ0n) is 12.1. The van der Waals surface area contributed by atoms with Crippen LogP contribution in [0.5, 0.6) is 11.5 Å². The van der Waals surface area contributed by atoms with E-state index >= 15 is 0 Å². The molecule has 1 aliphatic carbocycles. The van der Waals surface area contributed by atoms with E-state index in [1.54, 1.807) is 18.2 Å². The first-order valence-electron chi connectivity index (χ1n) is 6.94. The number of nitrogens with one attached hydrogen (secondary N) is 1. The summed E-state index contributed by atoms with van der Waals surface area (Å²) in [5, 5.41) is 2.72. The minimum Gasteiger partial charge on any atom is -0.493 e. The number of methoxy groups -OCH3 is 1. The van der Waals surface area contributed by atoms with Gasteiger partial charge in [0.15, 0.2) is 18.1 Å². The average molecular weight is 292 g/mol. The van der Waals surface area contributed by atoms with E-state index in [2.05, 4.69) is 5.32 Å². The standard InChI is InChI=1S/C15H20N2O4/c1-20-11-6-2-3-7-12(11)21-10-13(18)17-15(14(16)19)8-4-5-9-15/h2-3,6-7H,4-5,8-10H2,1H3,(H2,16,19)(H,17,18). The number of carbonyl (C=O) groups excluding carboxylic acids is 2. The number of rotatable bonds is 6. The molecular formula is C15H20N2O4. The van der Waals surface area contributed by atoms with Gasteiger partial charge in [0.25, 0.3) is 5.91 Å². The highest BCUT2D eigenvalue weighted by atomic mass is 16.5. The average Bonchev–Trinajstić information content (AvgIpc) is 2.95. The number of carbonyl (C=O) groups is 2. The summed E-state index contributed by atoms with van der Waals surface area (Å²) in [4.78, 5) is 23.6. The molecule has 0 saturated heterocycles. The molecule has 0 aliphatic heterocycles. The van der Waals surface area contributed by atoms with Gasteiger partial charge in [-0.1, -0.05) is 25.0 Å². The molecule has 0 spiro atoms. The first-order chi connectivity index (χ1) is 10.1. The van der Waals surface area contributed by atoms with Crippen molar-refractivity contribution < 1.29 is 19.1 Å². The molecule has 2 amide bonds. The molecule has 0 heterocycles. The smallest absolute Gasteiger partial charge is 0.258 e. The predicted molar refractivity (Wildman–Crippen MR) is 77.0 cm³/mol. The van der Waals surface area contributed by atoms with E-state index in [1.807, 2.05) is 6.07 Å². The number of benzene rings is 1. The zero-order chi connectivity index (χ0) is 15.3. The molecule has 114 valence electrons. The summed E-state index contributed by atoms with van der Waals surface area (Å²) in [5.41, 5.74) is 4.50. The molecule has 1 aromatic carbocycles. The molecule has 1 aliphatic rings. The van der Waals surface area contributed by atoms with Crippen LogP contribution < -0.4 is 20.5 Å². The molecule has 21 heavy (non-hydrogen) atoms. The fourth-order valence-electron chi connectivity index (χ4n) is 2.60. The van der Waals surface area contributed by atoms with Crippen molar-refractivity contribution in [1.29, 1.82) is 0 Å². The highest BCUT2D eigenvalue weighted by Crippen LogP contribution is 2.29. The van der Waals surface area contributed by atoms with Gasteiger partial charge in [-0.25, -0.2) is 0 Å². The van der Waals surface area contributed by atoms with Crippen LogP contribution in [0.3, 0.4) is 0 Å². The van der Waals surface area contributed by atoms with Gasteiger partial charge in [-0.05, 0) is 25.0 Å². The number of ether oxygens (including phenoxy) is 2. The lowest BCUT2D eigenvalue weighted by atomic mass is 9.97. The van der Waals surface area contributed by atoms with E-state index in [4.69, 9.17) is 15.2 Å².